The third-order valence-electron chi connectivity index (χ3n) is 2.59. The predicted octanol–water partition coefficient (Wildman–Crippen LogP) is 1.70. The molecule has 0 radical (unpaired) electrons. The molecule has 16 heavy (non-hydrogen) atoms. The Balaban J connectivity index is 2.28. The first kappa shape index (κ1) is 11.6. The molecule has 1 aromatic carbocycles. The molecule has 0 saturated heterocycles. The molecular formula is C10H9BrO4S. The van der Waals surface area contributed by atoms with Crippen molar-refractivity contribution in [1.82, 2.24) is 0 Å². The van der Waals surface area contributed by atoms with Crippen molar-refractivity contribution in [1.29, 1.82) is 0 Å². The Bertz CT molecular complexity index is 520. The first-order chi connectivity index (χ1) is 7.43. The van der Waals surface area contributed by atoms with E-state index < -0.39 is 27.0 Å². The number of carboxylic acid groups (broad SMARTS) is 1. The Morgan fingerprint density at radius 2 is 1.88 bits per heavy atom. The van der Waals surface area contributed by atoms with Crippen LogP contribution in [0, 0.1) is 5.92 Å². The van der Waals surface area contributed by atoms with Crippen LogP contribution in [-0.2, 0) is 14.6 Å². The van der Waals surface area contributed by atoms with Gasteiger partial charge >= 0.3 is 5.97 Å². The van der Waals surface area contributed by atoms with E-state index in [0.29, 0.717) is 0 Å². The van der Waals surface area contributed by atoms with Gasteiger partial charge in [-0.1, -0.05) is 15.9 Å². The highest BCUT2D eigenvalue weighted by molar-refractivity contribution is 9.10. The second kappa shape index (κ2) is 3.85. The van der Waals surface area contributed by atoms with Gasteiger partial charge in [-0.2, -0.15) is 0 Å². The average molecular weight is 305 g/mol. The number of hydrogen-bond donors (Lipinski definition) is 1. The maximum atomic E-state index is 11.9. The third kappa shape index (κ3) is 1.99. The molecule has 0 heterocycles. The average Bonchev–Trinajstić information content (AvgIpc) is 2.98. The second-order valence-electron chi connectivity index (χ2n) is 3.72. The van der Waals surface area contributed by atoms with Crippen molar-refractivity contribution in [3.05, 3.63) is 28.7 Å². The van der Waals surface area contributed by atoms with Gasteiger partial charge in [-0.3, -0.25) is 4.79 Å². The molecular weight excluding hydrogens is 296 g/mol. The molecule has 0 bridgehead atoms. The van der Waals surface area contributed by atoms with Gasteiger partial charge in [0.1, 0.15) is 0 Å². The summed E-state index contributed by atoms with van der Waals surface area (Å²) < 4.78 is 24.7. The summed E-state index contributed by atoms with van der Waals surface area (Å²) in [6.07, 6.45) is 0.216. The quantitative estimate of drug-likeness (QED) is 0.922. The Hall–Kier alpha value is -0.880. The SMILES string of the molecule is O=C(O)C1CC1S(=O)(=O)c1ccc(Br)cc1. The number of sulfone groups is 1. The number of carboxylic acids is 1. The van der Waals surface area contributed by atoms with Crippen LogP contribution >= 0.6 is 15.9 Å². The highest BCUT2D eigenvalue weighted by Crippen LogP contribution is 2.40. The lowest BCUT2D eigenvalue weighted by molar-refractivity contribution is -0.138. The molecule has 1 saturated carbocycles. The molecule has 0 spiro atoms. The van der Waals surface area contributed by atoms with Crippen LogP contribution in [0.15, 0.2) is 33.6 Å². The number of hydrogen-bond acceptors (Lipinski definition) is 3. The molecule has 1 N–H and O–H groups in total. The summed E-state index contributed by atoms with van der Waals surface area (Å²) in [7, 11) is -3.48. The molecule has 0 aliphatic heterocycles. The molecule has 2 rings (SSSR count). The number of halogens is 1. The zero-order valence-electron chi connectivity index (χ0n) is 8.13. The molecule has 4 nitrogen and oxygen atoms in total. The standard InChI is InChI=1S/C10H9BrO4S/c11-6-1-3-7(4-2-6)16(14,15)9-5-8(9)10(12)13/h1-4,8-9H,5H2,(H,12,13). The summed E-state index contributed by atoms with van der Waals surface area (Å²) in [5.74, 6) is -1.78. The predicted molar refractivity (Wildman–Crippen MR) is 60.9 cm³/mol. The molecule has 2 atom stereocenters. The van der Waals surface area contributed by atoms with Crippen molar-refractivity contribution in [2.45, 2.75) is 16.6 Å². The van der Waals surface area contributed by atoms with Crippen molar-refractivity contribution in [2.24, 2.45) is 5.92 Å². The van der Waals surface area contributed by atoms with Gasteiger partial charge in [0.2, 0.25) is 0 Å². The number of aliphatic carboxylic acids is 1. The van der Waals surface area contributed by atoms with Crippen LogP contribution in [0.1, 0.15) is 6.42 Å². The summed E-state index contributed by atoms with van der Waals surface area (Å²) in [5, 5.41) is 7.95. The molecule has 6 heteroatoms. The summed E-state index contributed by atoms with van der Waals surface area (Å²) in [5.41, 5.74) is 0. The summed E-state index contributed by atoms with van der Waals surface area (Å²) in [4.78, 5) is 10.8. The minimum absolute atomic E-state index is 0.185. The van der Waals surface area contributed by atoms with Crippen LogP contribution < -0.4 is 0 Å². The Labute approximate surface area is 101 Å². The van der Waals surface area contributed by atoms with Crippen molar-refractivity contribution in [3.63, 3.8) is 0 Å². The third-order valence-corrected chi connectivity index (χ3v) is 5.37. The van der Waals surface area contributed by atoms with Crippen molar-refractivity contribution < 1.29 is 18.3 Å². The topological polar surface area (TPSA) is 71.4 Å². The zero-order chi connectivity index (χ0) is 11.9. The fourth-order valence-electron chi connectivity index (χ4n) is 1.57. The van der Waals surface area contributed by atoms with Crippen LogP contribution in [0.2, 0.25) is 0 Å². The summed E-state index contributed by atoms with van der Waals surface area (Å²) >= 11 is 3.21. The first-order valence-corrected chi connectivity index (χ1v) is 6.99. The van der Waals surface area contributed by atoms with Crippen molar-refractivity contribution in [3.8, 4) is 0 Å². The van der Waals surface area contributed by atoms with Crippen LogP contribution in [0.5, 0.6) is 0 Å². The smallest absolute Gasteiger partial charge is 0.307 e. The number of benzene rings is 1. The normalized spacial score (nSPS) is 24.1. The largest absolute Gasteiger partial charge is 0.481 e. The lowest BCUT2D eigenvalue weighted by atomic mass is 10.4. The van der Waals surface area contributed by atoms with Crippen LogP contribution in [0.25, 0.3) is 0 Å². The Morgan fingerprint density at radius 1 is 1.31 bits per heavy atom. The van der Waals surface area contributed by atoms with E-state index in [4.69, 9.17) is 5.11 Å². The molecule has 0 amide bonds. The van der Waals surface area contributed by atoms with Gasteiger partial charge in [-0.15, -0.1) is 0 Å². The minimum Gasteiger partial charge on any atom is -0.481 e. The van der Waals surface area contributed by atoms with Crippen LogP contribution in [0.3, 0.4) is 0 Å². The highest BCUT2D eigenvalue weighted by Gasteiger charge is 2.52. The van der Waals surface area contributed by atoms with E-state index in [1.165, 1.54) is 12.1 Å². The van der Waals surface area contributed by atoms with Crippen LogP contribution in [-0.4, -0.2) is 24.7 Å². The summed E-state index contributed by atoms with van der Waals surface area (Å²) in [6, 6.07) is 6.23. The highest BCUT2D eigenvalue weighted by atomic mass is 79.9. The van der Waals surface area contributed by atoms with Gasteiger partial charge in [0.05, 0.1) is 16.1 Å². The van der Waals surface area contributed by atoms with E-state index in [9.17, 15) is 13.2 Å². The van der Waals surface area contributed by atoms with E-state index in [1.54, 1.807) is 12.1 Å². The van der Waals surface area contributed by atoms with Gasteiger partial charge in [-0.05, 0) is 30.7 Å². The molecule has 1 fully saturated rings. The van der Waals surface area contributed by atoms with E-state index in [1.807, 2.05) is 0 Å². The minimum atomic E-state index is -3.48. The van der Waals surface area contributed by atoms with E-state index in [-0.39, 0.29) is 11.3 Å². The first-order valence-electron chi connectivity index (χ1n) is 4.65. The summed E-state index contributed by atoms with van der Waals surface area (Å²) in [6.45, 7) is 0. The van der Waals surface area contributed by atoms with Gasteiger partial charge < -0.3 is 5.11 Å². The van der Waals surface area contributed by atoms with Gasteiger partial charge in [-0.25, -0.2) is 8.42 Å². The van der Waals surface area contributed by atoms with Gasteiger partial charge in [0.15, 0.2) is 9.84 Å². The Morgan fingerprint density at radius 3 is 2.31 bits per heavy atom. The van der Waals surface area contributed by atoms with E-state index in [2.05, 4.69) is 15.9 Å². The zero-order valence-corrected chi connectivity index (χ0v) is 10.5. The fraction of sp³-hybridized carbons (Fsp3) is 0.300. The molecule has 86 valence electrons. The molecule has 1 aromatic rings. The monoisotopic (exact) mass is 304 g/mol. The van der Waals surface area contributed by atoms with E-state index >= 15 is 0 Å². The molecule has 0 aromatic heterocycles. The van der Waals surface area contributed by atoms with Gasteiger partial charge in [0, 0.05) is 4.47 Å². The Kier molecular flexibility index (Phi) is 2.79. The maximum Gasteiger partial charge on any atom is 0.307 e. The fourth-order valence-corrected chi connectivity index (χ4v) is 3.71. The lowest BCUT2D eigenvalue weighted by Crippen LogP contribution is -2.13. The van der Waals surface area contributed by atoms with Crippen molar-refractivity contribution >= 4 is 31.7 Å². The van der Waals surface area contributed by atoms with E-state index in [0.717, 1.165) is 4.47 Å². The van der Waals surface area contributed by atoms with Gasteiger partial charge in [0.25, 0.3) is 0 Å². The maximum absolute atomic E-state index is 11.9. The lowest BCUT2D eigenvalue weighted by Gasteiger charge is -2.02. The second-order valence-corrected chi connectivity index (χ2v) is 6.80. The van der Waals surface area contributed by atoms with Crippen molar-refractivity contribution in [2.75, 3.05) is 0 Å². The number of rotatable bonds is 3. The number of carbonyl (C=O) groups is 1. The molecule has 1 aliphatic rings. The molecule has 2 unspecified atom stereocenters. The molecule has 1 aliphatic carbocycles. The van der Waals surface area contributed by atoms with Crippen LogP contribution in [0.4, 0.5) is 0 Å².